The van der Waals surface area contributed by atoms with Crippen LogP contribution in [0.15, 0.2) is 12.4 Å². The maximum atomic E-state index is 4.34. The van der Waals surface area contributed by atoms with Crippen LogP contribution in [-0.4, -0.2) is 16.5 Å². The van der Waals surface area contributed by atoms with Gasteiger partial charge < -0.3 is 5.32 Å². The molecule has 0 atom stereocenters. The summed E-state index contributed by atoms with van der Waals surface area (Å²) in [4.78, 5) is 8.60. The first-order valence-corrected chi connectivity index (χ1v) is 4.60. The Morgan fingerprint density at radius 3 is 2.31 bits per heavy atom. The molecule has 0 aliphatic rings. The molecule has 1 rings (SSSR count). The van der Waals surface area contributed by atoms with Gasteiger partial charge in [-0.15, -0.1) is 0 Å². The number of rotatable bonds is 2. The van der Waals surface area contributed by atoms with Crippen molar-refractivity contribution in [2.75, 3.05) is 11.9 Å². The highest BCUT2D eigenvalue weighted by atomic mass is 15.0. The molecule has 0 amide bonds. The van der Waals surface area contributed by atoms with Gasteiger partial charge in [0.05, 0.1) is 18.1 Å². The van der Waals surface area contributed by atoms with Crippen molar-refractivity contribution >= 4 is 5.82 Å². The molecule has 1 aromatic rings. The predicted molar refractivity (Wildman–Crippen MR) is 54.9 cm³/mol. The maximum Gasteiger partial charge on any atom is 0.144 e. The van der Waals surface area contributed by atoms with Gasteiger partial charge in [0.2, 0.25) is 0 Å². The van der Waals surface area contributed by atoms with E-state index >= 15 is 0 Å². The van der Waals surface area contributed by atoms with Crippen LogP contribution in [0.4, 0.5) is 5.82 Å². The van der Waals surface area contributed by atoms with Crippen LogP contribution in [0.1, 0.15) is 33.4 Å². The lowest BCUT2D eigenvalue weighted by molar-refractivity contribution is 0.566. The lowest BCUT2D eigenvalue weighted by Gasteiger charge is -2.16. The van der Waals surface area contributed by atoms with E-state index in [-0.39, 0.29) is 5.41 Å². The maximum absolute atomic E-state index is 4.34. The van der Waals surface area contributed by atoms with Gasteiger partial charge >= 0.3 is 0 Å². The standard InChI is InChI=1S/C10H17N3/c1-5-11-9-7-12-8(6-13-9)10(2,3)4/h6-7H,5H2,1-4H3,(H,11,13). The number of anilines is 1. The zero-order valence-electron chi connectivity index (χ0n) is 8.76. The third-order valence-corrected chi connectivity index (χ3v) is 1.78. The van der Waals surface area contributed by atoms with Gasteiger partial charge in [-0.3, -0.25) is 4.98 Å². The second-order valence-electron chi connectivity index (χ2n) is 4.07. The van der Waals surface area contributed by atoms with Crippen LogP contribution in [0.25, 0.3) is 0 Å². The van der Waals surface area contributed by atoms with E-state index in [1.54, 1.807) is 6.20 Å². The lowest BCUT2D eigenvalue weighted by atomic mass is 9.93. The normalized spacial score (nSPS) is 11.4. The molecule has 3 nitrogen and oxygen atoms in total. The molecule has 72 valence electrons. The van der Waals surface area contributed by atoms with E-state index in [9.17, 15) is 0 Å². The highest BCUT2D eigenvalue weighted by Crippen LogP contribution is 2.18. The molecular formula is C10H17N3. The number of nitrogens with one attached hydrogen (secondary N) is 1. The SMILES string of the molecule is CCNc1cnc(C(C)(C)C)cn1. The van der Waals surface area contributed by atoms with Crippen LogP contribution in [0.2, 0.25) is 0 Å². The predicted octanol–water partition coefficient (Wildman–Crippen LogP) is 2.21. The second-order valence-corrected chi connectivity index (χ2v) is 4.07. The Balaban J connectivity index is 2.81. The first kappa shape index (κ1) is 9.96. The molecule has 3 heteroatoms. The smallest absolute Gasteiger partial charge is 0.144 e. The molecule has 0 radical (unpaired) electrons. The zero-order valence-corrected chi connectivity index (χ0v) is 8.76. The van der Waals surface area contributed by atoms with Crippen molar-refractivity contribution in [2.45, 2.75) is 33.1 Å². The van der Waals surface area contributed by atoms with Crippen molar-refractivity contribution in [2.24, 2.45) is 0 Å². The minimum Gasteiger partial charge on any atom is -0.369 e. The fourth-order valence-electron chi connectivity index (χ4n) is 0.988. The molecule has 0 saturated heterocycles. The summed E-state index contributed by atoms with van der Waals surface area (Å²) in [5.74, 6) is 0.843. The summed E-state index contributed by atoms with van der Waals surface area (Å²) >= 11 is 0. The Kier molecular flexibility index (Phi) is 2.86. The molecule has 1 aromatic heterocycles. The first-order chi connectivity index (χ1) is 6.04. The van der Waals surface area contributed by atoms with E-state index in [0.717, 1.165) is 18.1 Å². The van der Waals surface area contributed by atoms with E-state index < -0.39 is 0 Å². The van der Waals surface area contributed by atoms with Crippen molar-refractivity contribution in [3.05, 3.63) is 18.1 Å². The topological polar surface area (TPSA) is 37.8 Å². The van der Waals surface area contributed by atoms with Crippen LogP contribution in [0.3, 0.4) is 0 Å². The Bertz CT molecular complexity index is 258. The number of hydrogen-bond acceptors (Lipinski definition) is 3. The van der Waals surface area contributed by atoms with E-state index in [1.165, 1.54) is 0 Å². The summed E-state index contributed by atoms with van der Waals surface area (Å²) in [5.41, 5.74) is 1.10. The van der Waals surface area contributed by atoms with Gasteiger partial charge in [-0.05, 0) is 6.92 Å². The Labute approximate surface area is 79.6 Å². The van der Waals surface area contributed by atoms with E-state index in [1.807, 2.05) is 13.1 Å². The van der Waals surface area contributed by atoms with Crippen LogP contribution < -0.4 is 5.32 Å². The van der Waals surface area contributed by atoms with Crippen molar-refractivity contribution < 1.29 is 0 Å². The number of nitrogens with zero attached hydrogens (tertiary/aromatic N) is 2. The molecule has 0 fully saturated rings. The largest absolute Gasteiger partial charge is 0.369 e. The van der Waals surface area contributed by atoms with E-state index in [4.69, 9.17) is 0 Å². The molecule has 0 bridgehead atoms. The summed E-state index contributed by atoms with van der Waals surface area (Å²) in [5, 5.41) is 3.11. The van der Waals surface area contributed by atoms with Gasteiger partial charge in [0.15, 0.2) is 0 Å². The van der Waals surface area contributed by atoms with Gasteiger partial charge in [-0.25, -0.2) is 4.98 Å². The highest BCUT2D eigenvalue weighted by molar-refractivity contribution is 5.31. The quantitative estimate of drug-likeness (QED) is 0.756. The summed E-state index contributed by atoms with van der Waals surface area (Å²) < 4.78 is 0. The molecule has 0 aromatic carbocycles. The van der Waals surface area contributed by atoms with E-state index in [0.29, 0.717) is 0 Å². The number of aromatic nitrogens is 2. The van der Waals surface area contributed by atoms with Crippen molar-refractivity contribution in [3.63, 3.8) is 0 Å². The van der Waals surface area contributed by atoms with Crippen LogP contribution in [0.5, 0.6) is 0 Å². The average Bonchev–Trinajstić information content (AvgIpc) is 2.04. The summed E-state index contributed by atoms with van der Waals surface area (Å²) in [7, 11) is 0. The summed E-state index contributed by atoms with van der Waals surface area (Å²) in [6, 6.07) is 0. The molecular weight excluding hydrogens is 162 g/mol. The Morgan fingerprint density at radius 1 is 1.23 bits per heavy atom. The molecule has 1 N–H and O–H groups in total. The molecule has 0 aliphatic heterocycles. The third kappa shape index (κ3) is 2.68. The Morgan fingerprint density at radius 2 is 1.92 bits per heavy atom. The Hall–Kier alpha value is -1.12. The summed E-state index contributed by atoms with van der Waals surface area (Å²) in [6.45, 7) is 9.31. The van der Waals surface area contributed by atoms with Crippen molar-refractivity contribution in [3.8, 4) is 0 Å². The minimum atomic E-state index is 0.0811. The van der Waals surface area contributed by atoms with Crippen molar-refractivity contribution in [1.29, 1.82) is 0 Å². The molecule has 13 heavy (non-hydrogen) atoms. The van der Waals surface area contributed by atoms with Gasteiger partial charge in [-0.2, -0.15) is 0 Å². The minimum absolute atomic E-state index is 0.0811. The van der Waals surface area contributed by atoms with Gasteiger partial charge in [0.1, 0.15) is 5.82 Å². The van der Waals surface area contributed by atoms with Crippen LogP contribution >= 0.6 is 0 Å². The lowest BCUT2D eigenvalue weighted by Crippen LogP contribution is -2.14. The molecule has 0 saturated carbocycles. The third-order valence-electron chi connectivity index (χ3n) is 1.78. The molecule has 0 spiro atoms. The first-order valence-electron chi connectivity index (χ1n) is 4.60. The van der Waals surface area contributed by atoms with Crippen LogP contribution in [0, 0.1) is 0 Å². The van der Waals surface area contributed by atoms with Crippen LogP contribution in [-0.2, 0) is 5.41 Å². The molecule has 0 unspecified atom stereocenters. The zero-order chi connectivity index (χ0) is 9.90. The fourth-order valence-corrected chi connectivity index (χ4v) is 0.988. The summed E-state index contributed by atoms with van der Waals surface area (Å²) in [6.07, 6.45) is 3.61. The fraction of sp³-hybridized carbons (Fsp3) is 0.600. The van der Waals surface area contributed by atoms with Gasteiger partial charge in [0, 0.05) is 12.0 Å². The number of hydrogen-bond donors (Lipinski definition) is 1. The molecule has 1 heterocycles. The highest BCUT2D eigenvalue weighted by Gasteiger charge is 2.15. The second kappa shape index (κ2) is 3.73. The van der Waals surface area contributed by atoms with Gasteiger partial charge in [-0.1, -0.05) is 20.8 Å². The average molecular weight is 179 g/mol. The van der Waals surface area contributed by atoms with Gasteiger partial charge in [0.25, 0.3) is 0 Å². The molecule has 0 aliphatic carbocycles. The van der Waals surface area contributed by atoms with Crippen molar-refractivity contribution in [1.82, 2.24) is 9.97 Å². The van der Waals surface area contributed by atoms with E-state index in [2.05, 4.69) is 36.1 Å². The monoisotopic (exact) mass is 179 g/mol.